The number of amides is 3. The van der Waals surface area contributed by atoms with Gasteiger partial charge in [0.2, 0.25) is 17.7 Å². The number of nitrogens with one attached hydrogen (secondary N) is 1. The molecule has 31 heavy (non-hydrogen) atoms. The first-order chi connectivity index (χ1) is 15.0. The molecule has 0 bridgehead atoms. The molecule has 2 aromatic carbocycles. The summed E-state index contributed by atoms with van der Waals surface area (Å²) >= 11 is 0. The number of nitrogens with zero attached hydrogens (tertiary/aromatic N) is 2. The van der Waals surface area contributed by atoms with Gasteiger partial charge in [0.15, 0.2) is 0 Å². The summed E-state index contributed by atoms with van der Waals surface area (Å²) in [6.45, 7) is 0.867. The maximum atomic E-state index is 12.7. The third-order valence-corrected chi connectivity index (χ3v) is 6.35. The van der Waals surface area contributed by atoms with Crippen LogP contribution in [-0.4, -0.2) is 36.2 Å². The van der Waals surface area contributed by atoms with Crippen molar-refractivity contribution >= 4 is 29.1 Å². The molecule has 162 valence electrons. The van der Waals surface area contributed by atoms with Crippen molar-refractivity contribution in [1.82, 2.24) is 4.90 Å². The average Bonchev–Trinajstić information content (AvgIpc) is 3.03. The molecule has 0 aromatic heterocycles. The Balaban J connectivity index is 1.37. The predicted molar refractivity (Wildman–Crippen MR) is 120 cm³/mol. The van der Waals surface area contributed by atoms with Gasteiger partial charge >= 0.3 is 0 Å². The Morgan fingerprint density at radius 1 is 0.968 bits per heavy atom. The summed E-state index contributed by atoms with van der Waals surface area (Å²) in [6, 6.07) is 17.8. The minimum absolute atomic E-state index is 0.0921. The van der Waals surface area contributed by atoms with Crippen molar-refractivity contribution in [3.8, 4) is 0 Å². The number of fused-ring (bicyclic) bond motifs is 1. The Morgan fingerprint density at radius 3 is 2.26 bits per heavy atom. The fraction of sp³-hybridized carbons (Fsp3) is 0.400. The lowest BCUT2D eigenvalue weighted by Crippen LogP contribution is -2.34. The summed E-state index contributed by atoms with van der Waals surface area (Å²) in [6.07, 6.45) is 3.69. The smallest absolute Gasteiger partial charge is 0.233 e. The largest absolute Gasteiger partial charge is 0.369 e. The van der Waals surface area contributed by atoms with Gasteiger partial charge in [0.1, 0.15) is 0 Å². The maximum absolute atomic E-state index is 12.7. The van der Waals surface area contributed by atoms with E-state index in [1.165, 1.54) is 10.5 Å². The van der Waals surface area contributed by atoms with Crippen LogP contribution in [0, 0.1) is 11.8 Å². The number of hydrogen-bond donors (Lipinski definition) is 1. The van der Waals surface area contributed by atoms with E-state index in [0.29, 0.717) is 6.54 Å². The van der Waals surface area contributed by atoms with E-state index in [1.807, 2.05) is 49.5 Å². The first-order valence-corrected chi connectivity index (χ1v) is 11.0. The highest BCUT2D eigenvalue weighted by Crippen LogP contribution is 2.38. The van der Waals surface area contributed by atoms with Gasteiger partial charge in [-0.3, -0.25) is 19.3 Å². The Labute approximate surface area is 183 Å². The predicted octanol–water partition coefficient (Wildman–Crippen LogP) is 3.83. The van der Waals surface area contributed by atoms with Crippen molar-refractivity contribution in [2.45, 2.75) is 38.6 Å². The number of carbonyl (C=O) groups excluding carboxylic acids is 3. The average molecular weight is 420 g/mol. The standard InChI is InChI=1S/C25H29N3O3/c1-27(17-18-9-3-2-4-10-18)22-14-8-7-13-21(22)26-23(29)15-16-28-24(30)19-11-5-6-12-20(19)25(28)31/h2-4,7-10,13-14,19-20H,5-6,11-12,15-17H2,1H3,(H,26,29). The van der Waals surface area contributed by atoms with E-state index in [9.17, 15) is 14.4 Å². The first kappa shape index (κ1) is 21.1. The van der Waals surface area contributed by atoms with Crippen LogP contribution < -0.4 is 10.2 Å². The first-order valence-electron chi connectivity index (χ1n) is 11.0. The van der Waals surface area contributed by atoms with Gasteiger partial charge in [0, 0.05) is 26.6 Å². The molecule has 1 heterocycles. The summed E-state index contributed by atoms with van der Waals surface area (Å²) in [5, 5.41) is 2.96. The monoisotopic (exact) mass is 419 g/mol. The Hall–Kier alpha value is -3.15. The quantitative estimate of drug-likeness (QED) is 0.693. The zero-order chi connectivity index (χ0) is 21.8. The number of rotatable bonds is 7. The van der Waals surface area contributed by atoms with Crippen LogP contribution in [0.25, 0.3) is 0 Å². The molecule has 1 N–H and O–H groups in total. The minimum atomic E-state index is -0.198. The summed E-state index contributed by atoms with van der Waals surface area (Å²) in [7, 11) is 1.99. The van der Waals surface area contributed by atoms with E-state index in [0.717, 1.165) is 37.1 Å². The highest BCUT2D eigenvalue weighted by molar-refractivity contribution is 6.05. The number of carbonyl (C=O) groups is 3. The van der Waals surface area contributed by atoms with Gasteiger partial charge in [-0.15, -0.1) is 0 Å². The van der Waals surface area contributed by atoms with Crippen LogP contribution in [0.3, 0.4) is 0 Å². The number of benzene rings is 2. The lowest BCUT2D eigenvalue weighted by atomic mass is 9.81. The van der Waals surface area contributed by atoms with Crippen LogP contribution in [0.5, 0.6) is 0 Å². The molecule has 1 aliphatic heterocycles. The van der Waals surface area contributed by atoms with Crippen LogP contribution >= 0.6 is 0 Å². The molecular formula is C25H29N3O3. The van der Waals surface area contributed by atoms with E-state index in [2.05, 4.69) is 22.3 Å². The minimum Gasteiger partial charge on any atom is -0.369 e. The van der Waals surface area contributed by atoms with Crippen molar-refractivity contribution in [2.75, 3.05) is 23.8 Å². The molecule has 2 fully saturated rings. The second-order valence-corrected chi connectivity index (χ2v) is 8.48. The SMILES string of the molecule is CN(Cc1ccccc1)c1ccccc1NC(=O)CCN1C(=O)C2CCCCC2C1=O. The molecule has 2 unspecified atom stereocenters. The van der Waals surface area contributed by atoms with E-state index in [4.69, 9.17) is 0 Å². The maximum Gasteiger partial charge on any atom is 0.233 e. The number of anilines is 2. The van der Waals surface area contributed by atoms with Crippen LogP contribution in [-0.2, 0) is 20.9 Å². The molecule has 2 aromatic rings. The molecule has 1 aliphatic carbocycles. The molecule has 0 radical (unpaired) electrons. The number of hydrogen-bond acceptors (Lipinski definition) is 4. The topological polar surface area (TPSA) is 69.7 Å². The molecule has 0 spiro atoms. The van der Waals surface area contributed by atoms with Crippen LogP contribution in [0.2, 0.25) is 0 Å². The molecule has 3 amide bonds. The van der Waals surface area contributed by atoms with E-state index in [1.54, 1.807) is 0 Å². The van der Waals surface area contributed by atoms with E-state index in [-0.39, 0.29) is 42.5 Å². The summed E-state index contributed by atoms with van der Waals surface area (Å²) in [5.74, 6) is -0.722. The fourth-order valence-corrected chi connectivity index (χ4v) is 4.73. The van der Waals surface area contributed by atoms with E-state index >= 15 is 0 Å². The number of imide groups is 1. The normalized spacial score (nSPS) is 20.5. The van der Waals surface area contributed by atoms with Crippen molar-refractivity contribution in [2.24, 2.45) is 11.8 Å². The molecule has 6 heteroatoms. The lowest BCUT2D eigenvalue weighted by Gasteiger charge is -2.23. The van der Waals surface area contributed by atoms with Gasteiger partial charge in [-0.1, -0.05) is 55.3 Å². The highest BCUT2D eigenvalue weighted by atomic mass is 16.2. The van der Waals surface area contributed by atoms with Crippen LogP contribution in [0.1, 0.15) is 37.7 Å². The molecular weight excluding hydrogens is 390 g/mol. The van der Waals surface area contributed by atoms with Gasteiger partial charge in [-0.25, -0.2) is 0 Å². The summed E-state index contributed by atoms with van der Waals surface area (Å²) in [5.41, 5.74) is 2.82. The van der Waals surface area contributed by atoms with Crippen molar-refractivity contribution in [3.05, 3.63) is 60.2 Å². The fourth-order valence-electron chi connectivity index (χ4n) is 4.73. The Morgan fingerprint density at radius 2 is 1.58 bits per heavy atom. The molecule has 1 saturated heterocycles. The van der Waals surface area contributed by atoms with Crippen molar-refractivity contribution in [1.29, 1.82) is 0 Å². The summed E-state index contributed by atoms with van der Waals surface area (Å²) in [4.78, 5) is 41.3. The van der Waals surface area contributed by atoms with Gasteiger partial charge in [-0.2, -0.15) is 0 Å². The Bertz CT molecular complexity index is 935. The molecule has 1 saturated carbocycles. The van der Waals surface area contributed by atoms with Gasteiger partial charge in [0.25, 0.3) is 0 Å². The lowest BCUT2D eigenvalue weighted by molar-refractivity contribution is -0.140. The second-order valence-electron chi connectivity index (χ2n) is 8.48. The molecule has 2 aliphatic rings. The molecule has 2 atom stereocenters. The number of para-hydroxylation sites is 2. The Kier molecular flexibility index (Phi) is 6.35. The van der Waals surface area contributed by atoms with E-state index < -0.39 is 0 Å². The summed E-state index contributed by atoms with van der Waals surface area (Å²) < 4.78 is 0. The third-order valence-electron chi connectivity index (χ3n) is 6.35. The van der Waals surface area contributed by atoms with Gasteiger partial charge < -0.3 is 10.2 Å². The molecule has 6 nitrogen and oxygen atoms in total. The zero-order valence-electron chi connectivity index (χ0n) is 17.9. The second kappa shape index (κ2) is 9.33. The van der Waals surface area contributed by atoms with Crippen molar-refractivity contribution < 1.29 is 14.4 Å². The zero-order valence-corrected chi connectivity index (χ0v) is 17.9. The third kappa shape index (κ3) is 4.63. The van der Waals surface area contributed by atoms with Gasteiger partial charge in [-0.05, 0) is 30.5 Å². The van der Waals surface area contributed by atoms with Crippen molar-refractivity contribution in [3.63, 3.8) is 0 Å². The highest BCUT2D eigenvalue weighted by Gasteiger charge is 2.47. The molecule has 4 rings (SSSR count). The van der Waals surface area contributed by atoms with Crippen LogP contribution in [0.15, 0.2) is 54.6 Å². The van der Waals surface area contributed by atoms with Gasteiger partial charge in [0.05, 0.1) is 23.2 Å². The van der Waals surface area contributed by atoms with Crippen LogP contribution in [0.4, 0.5) is 11.4 Å². The number of likely N-dealkylation sites (tertiary alicyclic amines) is 1.